The van der Waals surface area contributed by atoms with Crippen molar-refractivity contribution in [2.45, 2.75) is 45.6 Å². The molecule has 4 aromatic rings. The molecule has 0 aliphatic carbocycles. The first kappa shape index (κ1) is 25.1. The third-order valence-electron chi connectivity index (χ3n) is 6.74. The van der Waals surface area contributed by atoms with E-state index in [0.29, 0.717) is 27.8 Å². The van der Waals surface area contributed by atoms with Crippen molar-refractivity contribution in [1.82, 2.24) is 19.9 Å². The number of anilines is 2. The maximum atomic E-state index is 12.3. The quantitative estimate of drug-likeness (QED) is 0.334. The molecule has 5 rings (SSSR count). The van der Waals surface area contributed by atoms with Crippen molar-refractivity contribution in [3.63, 3.8) is 0 Å². The summed E-state index contributed by atoms with van der Waals surface area (Å²) in [6, 6.07) is 10.1. The summed E-state index contributed by atoms with van der Waals surface area (Å²) in [5, 5.41) is 3.36. The van der Waals surface area contributed by atoms with E-state index in [2.05, 4.69) is 39.4 Å². The normalized spacial score (nSPS) is 14.8. The Labute approximate surface area is 220 Å². The minimum atomic E-state index is -0.493. The monoisotopic (exact) mass is 516 g/mol. The molecular formula is C28H32N6O2S. The largest absolute Gasteiger partial charge is 0.489 e. The summed E-state index contributed by atoms with van der Waals surface area (Å²) in [6.07, 6.45) is 5.76. The van der Waals surface area contributed by atoms with Gasteiger partial charge in [0.2, 0.25) is 5.95 Å². The maximum absolute atomic E-state index is 12.3. The zero-order chi connectivity index (χ0) is 26.1. The number of aromatic nitrogens is 3. The first-order valence-electron chi connectivity index (χ1n) is 12.6. The van der Waals surface area contributed by atoms with E-state index < -0.39 is 5.91 Å². The number of amides is 1. The first-order chi connectivity index (χ1) is 17.8. The number of nitrogens with one attached hydrogen (secondary N) is 1. The molecule has 1 fully saturated rings. The van der Waals surface area contributed by atoms with E-state index in [9.17, 15) is 4.79 Å². The molecule has 1 aliphatic rings. The second-order valence-electron chi connectivity index (χ2n) is 9.84. The molecule has 0 spiro atoms. The van der Waals surface area contributed by atoms with Crippen LogP contribution in [0, 0.1) is 6.92 Å². The van der Waals surface area contributed by atoms with Crippen LogP contribution in [-0.2, 0) is 0 Å². The Kier molecular flexibility index (Phi) is 7.08. The maximum Gasteiger partial charge on any atom is 0.259 e. The Balaban J connectivity index is 1.53. The van der Waals surface area contributed by atoms with Gasteiger partial charge in [0.05, 0.1) is 28.2 Å². The number of hydrogen-bond acceptors (Lipinski definition) is 8. The van der Waals surface area contributed by atoms with Gasteiger partial charge < -0.3 is 20.7 Å². The summed E-state index contributed by atoms with van der Waals surface area (Å²) in [7, 11) is 2.17. The molecule has 0 atom stereocenters. The highest BCUT2D eigenvalue weighted by Crippen LogP contribution is 2.40. The van der Waals surface area contributed by atoms with Crippen LogP contribution >= 0.6 is 11.3 Å². The molecule has 0 bridgehead atoms. The van der Waals surface area contributed by atoms with Crippen LogP contribution in [0.4, 0.5) is 11.6 Å². The molecule has 1 aromatic carbocycles. The number of aryl methyl sites for hydroxylation is 1. The summed E-state index contributed by atoms with van der Waals surface area (Å²) < 4.78 is 6.99. The molecule has 0 saturated carbocycles. The molecule has 37 heavy (non-hydrogen) atoms. The lowest BCUT2D eigenvalue weighted by molar-refractivity contribution is 0.100. The van der Waals surface area contributed by atoms with Crippen LogP contribution in [0.5, 0.6) is 5.75 Å². The number of pyridine rings is 1. The number of ether oxygens (including phenoxy) is 1. The van der Waals surface area contributed by atoms with E-state index in [0.717, 1.165) is 53.3 Å². The van der Waals surface area contributed by atoms with Gasteiger partial charge in [0.25, 0.3) is 5.91 Å². The van der Waals surface area contributed by atoms with Crippen molar-refractivity contribution in [1.29, 1.82) is 0 Å². The molecule has 1 saturated heterocycles. The lowest BCUT2D eigenvalue weighted by atomic mass is 9.89. The van der Waals surface area contributed by atoms with Crippen molar-refractivity contribution >= 4 is 39.1 Å². The topological polar surface area (TPSA) is 106 Å². The highest BCUT2D eigenvalue weighted by Gasteiger charge is 2.23. The minimum Gasteiger partial charge on any atom is -0.489 e. The number of benzene rings is 1. The number of nitrogens with two attached hydrogens (primary N) is 1. The van der Waals surface area contributed by atoms with Crippen LogP contribution in [0.2, 0.25) is 0 Å². The van der Waals surface area contributed by atoms with Crippen molar-refractivity contribution < 1.29 is 9.53 Å². The summed E-state index contributed by atoms with van der Waals surface area (Å²) >= 11 is 1.30. The van der Waals surface area contributed by atoms with Gasteiger partial charge in [0, 0.05) is 23.0 Å². The Morgan fingerprint density at radius 1 is 1.22 bits per heavy atom. The molecule has 0 radical (unpaired) electrons. The number of thiophene rings is 1. The van der Waals surface area contributed by atoms with Crippen LogP contribution in [-0.4, -0.2) is 52.0 Å². The number of carbonyl (C=O) groups is 1. The number of carbonyl (C=O) groups excluding carboxylic acids is 1. The fraction of sp³-hybridized carbons (Fsp3) is 0.357. The number of rotatable bonds is 7. The van der Waals surface area contributed by atoms with Gasteiger partial charge in [-0.3, -0.25) is 9.78 Å². The van der Waals surface area contributed by atoms with Crippen LogP contribution in [0.15, 0.2) is 42.7 Å². The standard InChI is InChI=1S/C28H32N6O2S/c1-16(2)36-22-14-19(18-9-12-34(4)13-10-18)7-8-21(22)32-28-31-15-23-25(33-28)24(26(37-23)27(29)35)20-6-5-11-30-17(20)3/h5-8,11,14-16,18H,9-10,12-13H2,1-4H3,(H2,29,35)(H,31,32,33). The number of hydrogen-bond donors (Lipinski definition) is 2. The molecule has 3 aromatic heterocycles. The summed E-state index contributed by atoms with van der Waals surface area (Å²) in [6.45, 7) is 8.16. The second-order valence-corrected chi connectivity index (χ2v) is 10.9. The predicted octanol–water partition coefficient (Wildman–Crippen LogP) is 5.50. The zero-order valence-corrected chi connectivity index (χ0v) is 22.4. The van der Waals surface area contributed by atoms with E-state index in [1.807, 2.05) is 39.0 Å². The van der Waals surface area contributed by atoms with Gasteiger partial charge in [0.1, 0.15) is 10.6 Å². The minimum absolute atomic E-state index is 0.0202. The summed E-state index contributed by atoms with van der Waals surface area (Å²) in [5.74, 6) is 1.23. The molecule has 192 valence electrons. The van der Waals surface area contributed by atoms with E-state index in [-0.39, 0.29) is 6.10 Å². The summed E-state index contributed by atoms with van der Waals surface area (Å²) in [5.41, 5.74) is 10.8. The molecule has 4 heterocycles. The number of nitrogens with zero attached hydrogens (tertiary/aromatic N) is 4. The molecule has 0 unspecified atom stereocenters. The number of fused-ring (bicyclic) bond motifs is 1. The van der Waals surface area contributed by atoms with Gasteiger partial charge in [-0.05, 0) is 83.4 Å². The van der Waals surface area contributed by atoms with Gasteiger partial charge in [-0.25, -0.2) is 9.97 Å². The Hall–Kier alpha value is -3.56. The fourth-order valence-electron chi connectivity index (χ4n) is 4.84. The van der Waals surface area contributed by atoms with Crippen molar-refractivity contribution in [2.75, 3.05) is 25.5 Å². The Morgan fingerprint density at radius 2 is 2.00 bits per heavy atom. The average Bonchev–Trinajstić information content (AvgIpc) is 3.25. The lowest BCUT2D eigenvalue weighted by Crippen LogP contribution is -2.29. The highest BCUT2D eigenvalue weighted by molar-refractivity contribution is 7.21. The second kappa shape index (κ2) is 10.4. The number of piperidine rings is 1. The van der Waals surface area contributed by atoms with Crippen molar-refractivity contribution in [3.05, 3.63) is 58.9 Å². The van der Waals surface area contributed by atoms with Crippen LogP contribution in [0.1, 0.15) is 53.5 Å². The molecular weight excluding hydrogens is 484 g/mol. The third-order valence-corrected chi connectivity index (χ3v) is 7.86. The molecule has 3 N–H and O–H groups in total. The van der Waals surface area contributed by atoms with Crippen LogP contribution < -0.4 is 15.8 Å². The van der Waals surface area contributed by atoms with E-state index in [1.54, 1.807) is 12.4 Å². The van der Waals surface area contributed by atoms with Gasteiger partial charge in [-0.15, -0.1) is 11.3 Å². The van der Waals surface area contributed by atoms with E-state index in [4.69, 9.17) is 15.5 Å². The van der Waals surface area contributed by atoms with Crippen molar-refractivity contribution in [2.24, 2.45) is 5.73 Å². The average molecular weight is 517 g/mol. The van der Waals surface area contributed by atoms with Crippen LogP contribution in [0.25, 0.3) is 21.3 Å². The SMILES string of the molecule is Cc1ncccc1-c1c(C(N)=O)sc2cnc(Nc3ccc(C4CCN(C)CC4)cc3OC(C)C)nc12. The third kappa shape index (κ3) is 5.28. The predicted molar refractivity (Wildman–Crippen MR) is 149 cm³/mol. The Bertz CT molecular complexity index is 1440. The van der Waals surface area contributed by atoms with E-state index in [1.165, 1.54) is 16.9 Å². The molecule has 9 heteroatoms. The summed E-state index contributed by atoms with van der Waals surface area (Å²) in [4.78, 5) is 28.9. The number of primary amides is 1. The van der Waals surface area contributed by atoms with Gasteiger partial charge in [-0.1, -0.05) is 12.1 Å². The van der Waals surface area contributed by atoms with Crippen molar-refractivity contribution in [3.8, 4) is 16.9 Å². The number of likely N-dealkylation sites (tertiary alicyclic amines) is 1. The zero-order valence-electron chi connectivity index (χ0n) is 21.6. The van der Waals surface area contributed by atoms with E-state index >= 15 is 0 Å². The first-order valence-corrected chi connectivity index (χ1v) is 13.4. The van der Waals surface area contributed by atoms with Gasteiger partial charge in [0.15, 0.2) is 0 Å². The smallest absolute Gasteiger partial charge is 0.259 e. The lowest BCUT2D eigenvalue weighted by Gasteiger charge is -2.29. The van der Waals surface area contributed by atoms with Gasteiger partial charge in [-0.2, -0.15) is 0 Å². The molecule has 8 nitrogen and oxygen atoms in total. The molecule has 1 amide bonds. The van der Waals surface area contributed by atoms with Gasteiger partial charge >= 0.3 is 0 Å². The highest BCUT2D eigenvalue weighted by atomic mass is 32.1. The molecule has 1 aliphatic heterocycles. The Morgan fingerprint density at radius 3 is 2.70 bits per heavy atom. The fourth-order valence-corrected chi connectivity index (χ4v) is 5.81. The van der Waals surface area contributed by atoms with Crippen LogP contribution in [0.3, 0.4) is 0 Å².